The molecule has 0 bridgehead atoms. The first-order chi connectivity index (χ1) is 12.8. The lowest BCUT2D eigenvalue weighted by Crippen LogP contribution is -2.02. The van der Waals surface area contributed by atoms with E-state index in [1.54, 1.807) is 12.4 Å². The van der Waals surface area contributed by atoms with Crippen molar-refractivity contribution in [3.8, 4) is 22.3 Å². The average Bonchev–Trinajstić information content (AvgIpc) is 2.73. The van der Waals surface area contributed by atoms with Crippen molar-refractivity contribution < 1.29 is 9.53 Å². The van der Waals surface area contributed by atoms with E-state index in [1.807, 2.05) is 30.3 Å². The van der Waals surface area contributed by atoms with E-state index < -0.39 is 0 Å². The molecule has 0 radical (unpaired) electrons. The predicted octanol–water partition coefficient (Wildman–Crippen LogP) is 5.36. The smallest absolute Gasteiger partial charge is 0.338 e. The van der Waals surface area contributed by atoms with Crippen LogP contribution in [0, 0.1) is 0 Å². The van der Waals surface area contributed by atoms with Gasteiger partial charge in [-0.2, -0.15) is 0 Å². The Morgan fingerprint density at radius 2 is 1.46 bits per heavy atom. The number of rotatable bonds is 3. The molecule has 0 saturated carbocycles. The Hall–Kier alpha value is -3.46. The van der Waals surface area contributed by atoms with E-state index in [4.69, 9.17) is 4.74 Å². The Balaban J connectivity index is 1.80. The van der Waals surface area contributed by atoms with Crippen molar-refractivity contribution in [2.24, 2.45) is 0 Å². The molecule has 0 atom stereocenters. The Labute approximate surface area is 151 Å². The van der Waals surface area contributed by atoms with Crippen LogP contribution in [0.5, 0.6) is 0 Å². The van der Waals surface area contributed by atoms with Gasteiger partial charge >= 0.3 is 5.97 Å². The highest BCUT2D eigenvalue weighted by Crippen LogP contribution is 2.29. The van der Waals surface area contributed by atoms with E-state index in [2.05, 4.69) is 47.4 Å². The number of nitrogens with zero attached hydrogens (tertiary/aromatic N) is 1. The third kappa shape index (κ3) is 2.95. The predicted molar refractivity (Wildman–Crippen MR) is 104 cm³/mol. The molecule has 0 aliphatic rings. The van der Waals surface area contributed by atoms with Crippen LogP contribution < -0.4 is 0 Å². The van der Waals surface area contributed by atoms with Crippen molar-refractivity contribution in [3.05, 3.63) is 90.8 Å². The summed E-state index contributed by atoms with van der Waals surface area (Å²) in [6.07, 6.45) is 3.43. The maximum Gasteiger partial charge on any atom is 0.338 e. The molecular formula is C23H17NO2. The molecular weight excluding hydrogens is 322 g/mol. The van der Waals surface area contributed by atoms with Crippen molar-refractivity contribution in [3.63, 3.8) is 0 Å². The number of carbonyl (C=O) groups excluding carboxylic acids is 1. The Morgan fingerprint density at radius 1 is 0.808 bits per heavy atom. The molecule has 1 aromatic heterocycles. The highest BCUT2D eigenvalue weighted by Gasteiger charge is 2.13. The van der Waals surface area contributed by atoms with Crippen LogP contribution in [-0.2, 0) is 4.74 Å². The summed E-state index contributed by atoms with van der Waals surface area (Å²) < 4.78 is 4.95. The molecule has 0 amide bonds. The minimum absolute atomic E-state index is 0.356. The Morgan fingerprint density at radius 3 is 2.15 bits per heavy atom. The zero-order chi connectivity index (χ0) is 17.9. The third-order valence-corrected chi connectivity index (χ3v) is 4.49. The fourth-order valence-corrected chi connectivity index (χ4v) is 3.13. The zero-order valence-corrected chi connectivity index (χ0v) is 14.3. The van der Waals surface area contributed by atoms with Gasteiger partial charge in [-0.05, 0) is 45.8 Å². The lowest BCUT2D eigenvalue weighted by molar-refractivity contribution is 0.0603. The molecule has 0 saturated heterocycles. The van der Waals surface area contributed by atoms with E-state index in [1.165, 1.54) is 12.7 Å². The summed E-state index contributed by atoms with van der Waals surface area (Å²) >= 11 is 0. The quantitative estimate of drug-likeness (QED) is 0.472. The monoisotopic (exact) mass is 339 g/mol. The average molecular weight is 339 g/mol. The van der Waals surface area contributed by atoms with Crippen LogP contribution >= 0.6 is 0 Å². The molecule has 126 valence electrons. The van der Waals surface area contributed by atoms with E-state index in [-0.39, 0.29) is 5.97 Å². The normalized spacial score (nSPS) is 10.7. The number of hydrogen-bond donors (Lipinski definition) is 0. The Kier molecular flexibility index (Phi) is 4.20. The molecule has 4 aromatic rings. The summed E-state index contributed by atoms with van der Waals surface area (Å²) in [5, 5.41) is 1.76. The van der Waals surface area contributed by atoms with E-state index >= 15 is 0 Å². The lowest BCUT2D eigenvalue weighted by atomic mass is 9.96. The molecule has 1 heterocycles. The highest BCUT2D eigenvalue weighted by atomic mass is 16.5. The maximum atomic E-state index is 12.2. The molecule has 0 spiro atoms. The number of aromatic nitrogens is 1. The van der Waals surface area contributed by atoms with Crippen molar-refractivity contribution in [2.45, 2.75) is 0 Å². The zero-order valence-electron chi connectivity index (χ0n) is 14.3. The van der Waals surface area contributed by atoms with Gasteiger partial charge in [0.1, 0.15) is 0 Å². The second-order valence-electron chi connectivity index (χ2n) is 6.06. The van der Waals surface area contributed by atoms with Crippen molar-refractivity contribution in [2.75, 3.05) is 7.11 Å². The summed E-state index contributed by atoms with van der Waals surface area (Å²) in [6, 6.07) is 24.4. The molecule has 26 heavy (non-hydrogen) atoms. The molecule has 0 unspecified atom stereocenters. The summed E-state index contributed by atoms with van der Waals surface area (Å²) in [5.41, 5.74) is 4.89. The Bertz CT molecular complexity index is 1070. The summed E-state index contributed by atoms with van der Waals surface area (Å²) in [4.78, 5) is 16.3. The second-order valence-corrected chi connectivity index (χ2v) is 6.06. The SMILES string of the molecule is COC(=O)c1cc(-c2ccc(-c3ccccc3)cc2)cc2ccncc12. The molecule has 3 aromatic carbocycles. The van der Waals surface area contributed by atoms with Gasteiger partial charge in [0, 0.05) is 17.8 Å². The van der Waals surface area contributed by atoms with Gasteiger partial charge in [0.15, 0.2) is 0 Å². The van der Waals surface area contributed by atoms with Crippen molar-refractivity contribution in [1.29, 1.82) is 0 Å². The minimum atomic E-state index is -0.356. The standard InChI is InChI=1S/C23H17NO2/c1-26-23(25)21-14-20(13-19-11-12-24-15-22(19)21)18-9-7-17(8-10-18)16-5-3-2-4-6-16/h2-15H,1H3. The van der Waals surface area contributed by atoms with Gasteiger partial charge in [0.25, 0.3) is 0 Å². The fraction of sp³-hybridized carbons (Fsp3) is 0.0435. The number of esters is 1. The van der Waals surface area contributed by atoms with Gasteiger partial charge in [-0.25, -0.2) is 4.79 Å². The molecule has 0 fully saturated rings. The molecule has 0 aliphatic carbocycles. The third-order valence-electron chi connectivity index (χ3n) is 4.49. The van der Waals surface area contributed by atoms with E-state index in [0.717, 1.165) is 27.5 Å². The van der Waals surface area contributed by atoms with Gasteiger partial charge in [-0.3, -0.25) is 4.98 Å². The van der Waals surface area contributed by atoms with Crippen LogP contribution in [0.3, 0.4) is 0 Å². The van der Waals surface area contributed by atoms with Crippen LogP contribution in [-0.4, -0.2) is 18.1 Å². The molecule has 0 aliphatic heterocycles. The summed E-state index contributed by atoms with van der Waals surface area (Å²) in [7, 11) is 1.39. The minimum Gasteiger partial charge on any atom is -0.465 e. The fourth-order valence-electron chi connectivity index (χ4n) is 3.13. The molecule has 0 N–H and O–H groups in total. The number of fused-ring (bicyclic) bond motifs is 1. The lowest BCUT2D eigenvalue weighted by Gasteiger charge is -2.10. The molecule has 4 rings (SSSR count). The van der Waals surface area contributed by atoms with Gasteiger partial charge in [-0.15, -0.1) is 0 Å². The van der Waals surface area contributed by atoms with Crippen molar-refractivity contribution >= 4 is 16.7 Å². The summed E-state index contributed by atoms with van der Waals surface area (Å²) in [5.74, 6) is -0.356. The number of methoxy groups -OCH3 is 1. The van der Waals surface area contributed by atoms with Crippen LogP contribution in [0.15, 0.2) is 85.2 Å². The number of hydrogen-bond acceptors (Lipinski definition) is 3. The van der Waals surface area contributed by atoms with Gasteiger partial charge in [0.05, 0.1) is 12.7 Å². The second kappa shape index (κ2) is 6.81. The number of pyridine rings is 1. The molecule has 3 heteroatoms. The van der Waals surface area contributed by atoms with E-state index in [9.17, 15) is 4.79 Å². The first-order valence-corrected chi connectivity index (χ1v) is 8.38. The maximum absolute atomic E-state index is 12.2. The van der Waals surface area contributed by atoms with Gasteiger partial charge in [-0.1, -0.05) is 54.6 Å². The topological polar surface area (TPSA) is 39.2 Å². The van der Waals surface area contributed by atoms with Gasteiger partial charge < -0.3 is 4.74 Å². The van der Waals surface area contributed by atoms with Crippen LogP contribution in [0.4, 0.5) is 0 Å². The number of carbonyl (C=O) groups is 1. The largest absolute Gasteiger partial charge is 0.465 e. The van der Waals surface area contributed by atoms with Crippen LogP contribution in [0.1, 0.15) is 10.4 Å². The van der Waals surface area contributed by atoms with Crippen LogP contribution in [0.2, 0.25) is 0 Å². The van der Waals surface area contributed by atoms with Crippen LogP contribution in [0.25, 0.3) is 33.0 Å². The first-order valence-electron chi connectivity index (χ1n) is 8.38. The summed E-state index contributed by atoms with van der Waals surface area (Å²) in [6.45, 7) is 0. The number of benzene rings is 3. The first kappa shape index (κ1) is 16.0. The van der Waals surface area contributed by atoms with Crippen molar-refractivity contribution in [1.82, 2.24) is 4.98 Å². The number of ether oxygens (including phenoxy) is 1. The molecule has 3 nitrogen and oxygen atoms in total. The van der Waals surface area contributed by atoms with E-state index in [0.29, 0.717) is 5.56 Å². The highest BCUT2D eigenvalue weighted by molar-refractivity contribution is 6.06. The van der Waals surface area contributed by atoms with Gasteiger partial charge in [0.2, 0.25) is 0 Å².